The zero-order chi connectivity index (χ0) is 27.9. The summed E-state index contributed by atoms with van der Waals surface area (Å²) in [5, 5.41) is 22.1. The minimum atomic E-state index is -5.35. The molecule has 2 aromatic heterocycles. The van der Waals surface area contributed by atoms with Gasteiger partial charge in [-0.1, -0.05) is 11.8 Å². The molecular formula is C21H24N4O11P2. The molecule has 1 aliphatic heterocycles. The molecule has 0 amide bonds. The van der Waals surface area contributed by atoms with Crippen LogP contribution in [0.1, 0.15) is 24.3 Å². The van der Waals surface area contributed by atoms with Gasteiger partial charge in [0.2, 0.25) is 0 Å². The number of hydrogen-bond acceptors (Lipinski definition) is 11. The minimum absolute atomic E-state index is 0.0988. The highest BCUT2D eigenvalue weighted by atomic mass is 31.3. The lowest BCUT2D eigenvalue weighted by Gasteiger charge is -2.27. The third-order valence-electron chi connectivity index (χ3n) is 5.69. The van der Waals surface area contributed by atoms with E-state index in [1.165, 1.54) is 24.0 Å². The van der Waals surface area contributed by atoms with Gasteiger partial charge in [-0.25, -0.2) is 19.1 Å². The number of aliphatic hydroxyl groups is 2. The maximum atomic E-state index is 11.8. The molecule has 1 saturated heterocycles. The normalized spacial score (nSPS) is 25.1. The molecule has 4 unspecified atom stereocenters. The molecule has 1 fully saturated rings. The van der Waals surface area contributed by atoms with Crippen molar-refractivity contribution in [2.45, 2.75) is 31.0 Å². The second kappa shape index (κ2) is 10.4. The number of phosphoric acid groups is 2. The molecule has 0 saturated carbocycles. The lowest BCUT2D eigenvalue weighted by atomic mass is 9.96. The highest BCUT2D eigenvalue weighted by molar-refractivity contribution is 7.60. The summed E-state index contributed by atoms with van der Waals surface area (Å²) in [5.74, 6) is 6.74. The molecule has 0 radical (unpaired) electrons. The lowest BCUT2D eigenvalue weighted by Crippen LogP contribution is -2.44. The van der Waals surface area contributed by atoms with Crippen molar-refractivity contribution in [3.8, 4) is 17.6 Å². The summed E-state index contributed by atoms with van der Waals surface area (Å²) in [6.07, 6.45) is -1.72. The average molecular weight is 570 g/mol. The zero-order valence-corrected chi connectivity index (χ0v) is 21.7. The molecule has 5 atom stereocenters. The molecule has 38 heavy (non-hydrogen) atoms. The van der Waals surface area contributed by atoms with Gasteiger partial charge in [-0.3, -0.25) is 4.52 Å². The molecule has 15 nitrogen and oxygen atoms in total. The smallest absolute Gasteiger partial charge is 0.481 e. The van der Waals surface area contributed by atoms with Crippen molar-refractivity contribution in [1.29, 1.82) is 0 Å². The molecule has 204 valence electrons. The van der Waals surface area contributed by atoms with Crippen LogP contribution in [0.25, 0.3) is 11.0 Å². The summed E-state index contributed by atoms with van der Waals surface area (Å²) in [5.41, 5.74) is 5.36. The van der Waals surface area contributed by atoms with Crippen LogP contribution in [0.3, 0.4) is 0 Å². The van der Waals surface area contributed by atoms with Crippen molar-refractivity contribution < 1.29 is 52.3 Å². The standard InChI is InChI=1S/C21H24N4O11P2/c1-21(27)17(26)15(10-34-38(31,32)36-37(28,29)30)35-20(21)25-9-13(16-18(22)23-11-24-19(16)25)6-3-12-4-7-14(33-2)8-5-12/h4-5,7-9,11,15,17,20,26-27H,10H2,1-2H3,(H,31,32)(H2,22,23,24)(H2,28,29,30)/t15?,17?,20?,21-/m1/s1. The van der Waals surface area contributed by atoms with Crippen LogP contribution < -0.4 is 10.5 Å². The van der Waals surface area contributed by atoms with Crippen molar-refractivity contribution in [2.24, 2.45) is 0 Å². The Morgan fingerprint density at radius 3 is 2.50 bits per heavy atom. The number of hydrogen-bond donors (Lipinski definition) is 6. The van der Waals surface area contributed by atoms with Gasteiger partial charge in [0.15, 0.2) is 6.23 Å². The minimum Gasteiger partial charge on any atom is -0.497 e. The molecule has 0 aliphatic carbocycles. The zero-order valence-electron chi connectivity index (χ0n) is 19.9. The van der Waals surface area contributed by atoms with Crippen LogP contribution in [0.15, 0.2) is 36.8 Å². The van der Waals surface area contributed by atoms with E-state index >= 15 is 0 Å². The number of aromatic nitrogens is 3. The Hall–Kier alpha value is -2.86. The van der Waals surface area contributed by atoms with Crippen LogP contribution in [0.4, 0.5) is 5.82 Å². The van der Waals surface area contributed by atoms with E-state index in [-0.39, 0.29) is 11.5 Å². The predicted octanol–water partition coefficient (Wildman–Crippen LogP) is 0.657. The first-order chi connectivity index (χ1) is 17.7. The van der Waals surface area contributed by atoms with E-state index in [1.807, 2.05) is 0 Å². The van der Waals surface area contributed by atoms with Crippen molar-refractivity contribution >= 4 is 32.5 Å². The molecule has 4 rings (SSSR count). The summed E-state index contributed by atoms with van der Waals surface area (Å²) >= 11 is 0. The summed E-state index contributed by atoms with van der Waals surface area (Å²) in [7, 11) is -9.02. The number of fused-ring (bicyclic) bond motifs is 1. The topological polar surface area (TPSA) is 229 Å². The average Bonchev–Trinajstić information content (AvgIpc) is 3.30. The molecule has 3 heterocycles. The number of nitrogens with zero attached hydrogens (tertiary/aromatic N) is 3. The molecule has 1 aliphatic rings. The Morgan fingerprint density at radius 1 is 1.18 bits per heavy atom. The largest absolute Gasteiger partial charge is 0.497 e. The molecule has 7 N–H and O–H groups in total. The van der Waals surface area contributed by atoms with Crippen LogP contribution in [0, 0.1) is 11.8 Å². The third-order valence-corrected chi connectivity index (χ3v) is 7.84. The first kappa shape index (κ1) is 28.2. The highest BCUT2D eigenvalue weighted by Gasteiger charge is 2.54. The Morgan fingerprint density at radius 2 is 1.87 bits per heavy atom. The summed E-state index contributed by atoms with van der Waals surface area (Å²) in [6.45, 7) is 0.397. The second-order valence-electron chi connectivity index (χ2n) is 8.42. The maximum Gasteiger partial charge on any atom is 0.481 e. The quantitative estimate of drug-likeness (QED) is 0.169. The van der Waals surface area contributed by atoms with Gasteiger partial charge in [0.25, 0.3) is 0 Å². The highest BCUT2D eigenvalue weighted by Crippen LogP contribution is 2.58. The van der Waals surface area contributed by atoms with E-state index < -0.39 is 46.3 Å². The Bertz CT molecular complexity index is 1490. The Labute approximate surface area is 215 Å². The van der Waals surface area contributed by atoms with Crippen LogP contribution >= 0.6 is 15.6 Å². The SMILES string of the molecule is COc1ccc(C#Cc2cn(C3OC(COP(=O)(O)OP(=O)(O)O)C(O)[C@@]3(C)O)c3ncnc(N)c23)cc1. The van der Waals surface area contributed by atoms with Crippen LogP contribution in [-0.4, -0.2) is 71.0 Å². The lowest BCUT2D eigenvalue weighted by molar-refractivity contribution is -0.0947. The van der Waals surface area contributed by atoms with E-state index in [9.17, 15) is 24.2 Å². The predicted molar refractivity (Wildman–Crippen MR) is 130 cm³/mol. The van der Waals surface area contributed by atoms with Gasteiger partial charge in [0.05, 0.1) is 24.7 Å². The number of aliphatic hydroxyl groups excluding tert-OH is 1. The van der Waals surface area contributed by atoms with E-state index in [0.29, 0.717) is 22.3 Å². The van der Waals surface area contributed by atoms with Crippen molar-refractivity contribution in [2.75, 3.05) is 19.5 Å². The molecule has 0 bridgehead atoms. The molecular weight excluding hydrogens is 546 g/mol. The van der Waals surface area contributed by atoms with E-state index in [4.69, 9.17) is 25.0 Å². The number of benzene rings is 1. The van der Waals surface area contributed by atoms with E-state index in [1.54, 1.807) is 31.4 Å². The van der Waals surface area contributed by atoms with Crippen molar-refractivity contribution in [3.63, 3.8) is 0 Å². The third kappa shape index (κ3) is 5.90. The fraction of sp³-hybridized carbons (Fsp3) is 0.333. The summed E-state index contributed by atoms with van der Waals surface area (Å²) in [6, 6.07) is 7.00. The van der Waals surface area contributed by atoms with Gasteiger partial charge in [-0.15, -0.1) is 0 Å². The van der Waals surface area contributed by atoms with Crippen molar-refractivity contribution in [1.82, 2.24) is 14.5 Å². The van der Waals surface area contributed by atoms with Gasteiger partial charge >= 0.3 is 15.6 Å². The number of phosphoric ester groups is 1. The van der Waals surface area contributed by atoms with Gasteiger partial charge in [-0.05, 0) is 31.2 Å². The van der Waals surface area contributed by atoms with Gasteiger partial charge < -0.3 is 44.7 Å². The molecule has 1 aromatic carbocycles. The van der Waals surface area contributed by atoms with Gasteiger partial charge in [0.1, 0.15) is 41.4 Å². The monoisotopic (exact) mass is 570 g/mol. The number of ether oxygens (including phenoxy) is 2. The van der Waals surface area contributed by atoms with Gasteiger partial charge in [0, 0.05) is 11.8 Å². The molecule has 17 heteroatoms. The number of methoxy groups -OCH3 is 1. The van der Waals surface area contributed by atoms with E-state index in [0.717, 1.165) is 0 Å². The summed E-state index contributed by atoms with van der Waals surface area (Å²) < 4.78 is 43.2. The van der Waals surface area contributed by atoms with Crippen LogP contribution in [-0.2, 0) is 22.7 Å². The number of nitrogens with two attached hydrogens (primary N) is 1. The maximum absolute atomic E-state index is 11.8. The first-order valence-corrected chi connectivity index (χ1v) is 13.8. The molecule has 3 aromatic rings. The Balaban J connectivity index is 1.66. The fourth-order valence-electron chi connectivity index (χ4n) is 3.90. The number of nitrogen functional groups attached to an aromatic ring is 1. The second-order valence-corrected chi connectivity index (χ2v) is 11.2. The summed E-state index contributed by atoms with van der Waals surface area (Å²) in [4.78, 5) is 35.2. The first-order valence-electron chi connectivity index (χ1n) is 10.8. The molecule has 0 spiro atoms. The van der Waals surface area contributed by atoms with Crippen LogP contribution in [0.2, 0.25) is 0 Å². The fourth-order valence-corrected chi connectivity index (χ4v) is 5.50. The van der Waals surface area contributed by atoms with Crippen LogP contribution in [0.5, 0.6) is 5.75 Å². The van der Waals surface area contributed by atoms with E-state index in [2.05, 4.69) is 30.6 Å². The number of anilines is 1. The van der Waals surface area contributed by atoms with Gasteiger partial charge in [-0.2, -0.15) is 4.31 Å². The Kier molecular flexibility index (Phi) is 7.68. The van der Waals surface area contributed by atoms with Crippen molar-refractivity contribution in [3.05, 3.63) is 47.9 Å². The number of rotatable bonds is 7.